The summed E-state index contributed by atoms with van der Waals surface area (Å²) in [5, 5.41) is 4.94. The first-order chi connectivity index (χ1) is 14.2. The van der Waals surface area contributed by atoms with Crippen LogP contribution in [-0.2, 0) is 6.61 Å². The Morgan fingerprint density at radius 3 is 2.45 bits per heavy atom. The molecule has 0 saturated carbocycles. The topological polar surface area (TPSA) is 64.3 Å². The molecule has 144 valence electrons. The van der Waals surface area contributed by atoms with E-state index < -0.39 is 0 Å². The van der Waals surface area contributed by atoms with Gasteiger partial charge < -0.3 is 15.8 Å². The minimum atomic E-state index is -0.199. The number of carbonyl (C=O) groups is 1. The monoisotopic (exact) mass is 400 g/mol. The van der Waals surface area contributed by atoms with E-state index in [9.17, 15) is 4.79 Å². The number of hydrogen-bond donors (Lipinski definition) is 2. The normalized spacial score (nSPS) is 10.5. The molecule has 0 saturated heterocycles. The summed E-state index contributed by atoms with van der Waals surface area (Å²) in [6.07, 6.45) is 0. The lowest BCUT2D eigenvalue weighted by Crippen LogP contribution is -2.13. The summed E-state index contributed by atoms with van der Waals surface area (Å²) >= 11 is 1.65. The van der Waals surface area contributed by atoms with Gasteiger partial charge in [-0.15, -0.1) is 11.3 Å². The Hall–Kier alpha value is -3.57. The molecule has 0 fully saturated rings. The van der Waals surface area contributed by atoms with Gasteiger partial charge >= 0.3 is 0 Å². The number of rotatable bonds is 6. The van der Waals surface area contributed by atoms with Crippen LogP contribution in [0.25, 0.3) is 10.4 Å². The maximum atomic E-state index is 12.7. The van der Waals surface area contributed by atoms with Gasteiger partial charge in [-0.2, -0.15) is 0 Å². The highest BCUT2D eigenvalue weighted by molar-refractivity contribution is 7.13. The number of nitrogens with two attached hydrogens (primary N) is 1. The number of amides is 1. The molecule has 0 radical (unpaired) electrons. The second-order valence-electron chi connectivity index (χ2n) is 6.53. The zero-order valence-electron chi connectivity index (χ0n) is 15.7. The number of carbonyl (C=O) groups excluding carboxylic acids is 1. The van der Waals surface area contributed by atoms with Crippen LogP contribution < -0.4 is 15.8 Å². The van der Waals surface area contributed by atoms with E-state index >= 15 is 0 Å². The van der Waals surface area contributed by atoms with E-state index in [1.807, 2.05) is 78.2 Å². The average Bonchev–Trinajstić information content (AvgIpc) is 3.30. The van der Waals surface area contributed by atoms with Crippen LogP contribution in [0.4, 0.5) is 11.4 Å². The Balaban J connectivity index is 1.43. The SMILES string of the molecule is Nc1ccc(-c2cccs2)cc1NC(=O)c1ccc(COc2ccccc2)cc1. The van der Waals surface area contributed by atoms with Gasteiger partial charge in [0.15, 0.2) is 0 Å². The van der Waals surface area contributed by atoms with Crippen molar-refractivity contribution in [3.05, 3.63) is 101 Å². The summed E-state index contributed by atoms with van der Waals surface area (Å²) in [5.41, 5.74) is 9.78. The number of hydrogen-bond acceptors (Lipinski definition) is 4. The van der Waals surface area contributed by atoms with Gasteiger partial charge in [0.05, 0.1) is 11.4 Å². The Morgan fingerprint density at radius 1 is 0.931 bits per heavy atom. The van der Waals surface area contributed by atoms with E-state index in [2.05, 4.69) is 5.32 Å². The number of nitrogens with one attached hydrogen (secondary N) is 1. The molecule has 0 aliphatic carbocycles. The van der Waals surface area contributed by atoms with Gasteiger partial charge in [-0.3, -0.25) is 4.79 Å². The predicted molar refractivity (Wildman–Crippen MR) is 119 cm³/mol. The second-order valence-corrected chi connectivity index (χ2v) is 7.48. The summed E-state index contributed by atoms with van der Waals surface area (Å²) in [4.78, 5) is 13.8. The predicted octanol–water partition coefficient (Wildman–Crippen LogP) is 5.83. The summed E-state index contributed by atoms with van der Waals surface area (Å²) in [6, 6.07) is 26.7. The minimum absolute atomic E-state index is 0.199. The molecule has 4 rings (SSSR count). The van der Waals surface area contributed by atoms with E-state index in [4.69, 9.17) is 10.5 Å². The quantitative estimate of drug-likeness (QED) is 0.400. The summed E-state index contributed by atoms with van der Waals surface area (Å²) in [5.74, 6) is 0.617. The van der Waals surface area contributed by atoms with Gasteiger partial charge in [-0.25, -0.2) is 0 Å². The van der Waals surface area contributed by atoms with Crippen molar-refractivity contribution in [3.8, 4) is 16.2 Å². The maximum Gasteiger partial charge on any atom is 0.255 e. The third-order valence-corrected chi connectivity index (χ3v) is 5.39. The van der Waals surface area contributed by atoms with E-state index in [0.29, 0.717) is 23.5 Å². The lowest BCUT2D eigenvalue weighted by Gasteiger charge is -2.11. The van der Waals surface area contributed by atoms with Crippen molar-refractivity contribution in [2.45, 2.75) is 6.61 Å². The molecule has 29 heavy (non-hydrogen) atoms. The molecule has 0 unspecified atom stereocenters. The molecule has 1 amide bonds. The van der Waals surface area contributed by atoms with Crippen LogP contribution in [0.3, 0.4) is 0 Å². The van der Waals surface area contributed by atoms with Gasteiger partial charge in [-0.1, -0.05) is 42.5 Å². The van der Waals surface area contributed by atoms with Crippen LogP contribution in [0.15, 0.2) is 90.3 Å². The summed E-state index contributed by atoms with van der Waals surface area (Å²) in [6.45, 7) is 0.446. The lowest BCUT2D eigenvalue weighted by atomic mass is 10.1. The molecule has 0 spiro atoms. The fourth-order valence-electron chi connectivity index (χ4n) is 2.89. The lowest BCUT2D eigenvalue weighted by molar-refractivity contribution is 0.102. The zero-order valence-corrected chi connectivity index (χ0v) is 16.5. The minimum Gasteiger partial charge on any atom is -0.489 e. The molecule has 1 heterocycles. The van der Waals surface area contributed by atoms with Crippen molar-refractivity contribution in [2.75, 3.05) is 11.1 Å². The Kier molecular flexibility index (Phi) is 5.59. The highest BCUT2D eigenvalue weighted by Gasteiger charge is 2.10. The molecular weight excluding hydrogens is 380 g/mol. The largest absolute Gasteiger partial charge is 0.489 e. The Morgan fingerprint density at radius 2 is 1.72 bits per heavy atom. The van der Waals surface area contributed by atoms with Gasteiger partial charge in [0, 0.05) is 10.4 Å². The Bertz CT molecular complexity index is 1090. The van der Waals surface area contributed by atoms with Gasteiger partial charge in [0.2, 0.25) is 0 Å². The Labute approximate surface area is 173 Å². The number of nitrogen functional groups attached to an aromatic ring is 1. The zero-order chi connectivity index (χ0) is 20.1. The maximum absolute atomic E-state index is 12.7. The molecule has 0 aliphatic heterocycles. The van der Waals surface area contributed by atoms with Crippen LogP contribution >= 0.6 is 11.3 Å². The van der Waals surface area contributed by atoms with Crippen LogP contribution in [-0.4, -0.2) is 5.91 Å². The number of anilines is 2. The molecule has 4 aromatic rings. The fourth-order valence-corrected chi connectivity index (χ4v) is 3.61. The number of para-hydroxylation sites is 1. The smallest absolute Gasteiger partial charge is 0.255 e. The van der Waals surface area contributed by atoms with Gasteiger partial charge in [-0.05, 0) is 59.0 Å². The number of thiophene rings is 1. The first-order valence-electron chi connectivity index (χ1n) is 9.20. The van der Waals surface area contributed by atoms with Crippen molar-refractivity contribution >= 4 is 28.6 Å². The van der Waals surface area contributed by atoms with Crippen LogP contribution in [0, 0.1) is 0 Å². The molecule has 0 atom stereocenters. The second kappa shape index (κ2) is 8.63. The van der Waals surface area contributed by atoms with E-state index in [1.165, 1.54) is 0 Å². The number of ether oxygens (including phenoxy) is 1. The van der Waals surface area contributed by atoms with E-state index in [1.54, 1.807) is 23.5 Å². The van der Waals surface area contributed by atoms with Gasteiger partial charge in [0.1, 0.15) is 12.4 Å². The average molecular weight is 401 g/mol. The molecule has 4 nitrogen and oxygen atoms in total. The highest BCUT2D eigenvalue weighted by Crippen LogP contribution is 2.30. The van der Waals surface area contributed by atoms with Crippen LogP contribution in [0.5, 0.6) is 5.75 Å². The van der Waals surface area contributed by atoms with E-state index in [-0.39, 0.29) is 5.91 Å². The first-order valence-corrected chi connectivity index (χ1v) is 10.1. The van der Waals surface area contributed by atoms with Crippen molar-refractivity contribution in [2.24, 2.45) is 0 Å². The fraction of sp³-hybridized carbons (Fsp3) is 0.0417. The molecule has 0 aliphatic rings. The molecule has 3 aromatic carbocycles. The standard InChI is InChI=1S/C24H20N2O2S/c25-21-13-12-19(23-7-4-14-29-23)15-22(21)26-24(27)18-10-8-17(9-11-18)16-28-20-5-2-1-3-6-20/h1-15H,16,25H2,(H,26,27). The molecule has 0 bridgehead atoms. The number of benzene rings is 3. The first kappa shape index (κ1) is 18.8. The van der Waals surface area contributed by atoms with Crippen molar-refractivity contribution < 1.29 is 9.53 Å². The molecule has 1 aromatic heterocycles. The van der Waals surface area contributed by atoms with Crippen molar-refractivity contribution in [3.63, 3.8) is 0 Å². The molecule has 5 heteroatoms. The van der Waals surface area contributed by atoms with Crippen LogP contribution in [0.1, 0.15) is 15.9 Å². The van der Waals surface area contributed by atoms with Crippen LogP contribution in [0.2, 0.25) is 0 Å². The van der Waals surface area contributed by atoms with Crippen molar-refractivity contribution in [1.29, 1.82) is 0 Å². The van der Waals surface area contributed by atoms with E-state index in [0.717, 1.165) is 21.8 Å². The van der Waals surface area contributed by atoms with Crippen molar-refractivity contribution in [1.82, 2.24) is 0 Å². The highest BCUT2D eigenvalue weighted by atomic mass is 32.1. The summed E-state index contributed by atoms with van der Waals surface area (Å²) in [7, 11) is 0. The third-order valence-electron chi connectivity index (χ3n) is 4.47. The molecule has 3 N–H and O–H groups in total. The molecular formula is C24H20N2O2S. The third kappa shape index (κ3) is 4.65. The summed E-state index contributed by atoms with van der Waals surface area (Å²) < 4.78 is 5.74. The van der Waals surface area contributed by atoms with Gasteiger partial charge in [0.25, 0.3) is 5.91 Å².